The number of para-hydroxylation sites is 1. The largest absolute Gasteiger partial charge is 0.456 e. The SMILES string of the molecule is c1ccc(-c2nc(-c3cccc4cc5c(cc34)oc3ccccc35)nc(-c3cccc4c(-c5cccc6ccccc56)cccc34)n2)cc1. The molecule has 8 aromatic carbocycles. The third-order valence-electron chi connectivity index (χ3n) is 9.53. The summed E-state index contributed by atoms with van der Waals surface area (Å²) in [5.74, 6) is 1.88. The molecular weight excluding hydrogens is 599 g/mol. The maximum Gasteiger partial charge on any atom is 0.164 e. The van der Waals surface area contributed by atoms with Gasteiger partial charge in [-0.3, -0.25) is 0 Å². The van der Waals surface area contributed by atoms with E-state index in [9.17, 15) is 0 Å². The maximum absolute atomic E-state index is 6.31. The van der Waals surface area contributed by atoms with Gasteiger partial charge in [0.1, 0.15) is 11.2 Å². The van der Waals surface area contributed by atoms with Gasteiger partial charge in [0, 0.05) is 27.5 Å². The minimum atomic E-state index is 0.618. The van der Waals surface area contributed by atoms with Crippen molar-refractivity contribution in [1.82, 2.24) is 15.0 Å². The van der Waals surface area contributed by atoms with Gasteiger partial charge in [-0.2, -0.15) is 0 Å². The van der Waals surface area contributed by atoms with Gasteiger partial charge in [0.2, 0.25) is 0 Å². The van der Waals surface area contributed by atoms with Crippen molar-refractivity contribution in [2.75, 3.05) is 0 Å². The Balaban J connectivity index is 1.21. The number of benzene rings is 8. The monoisotopic (exact) mass is 625 g/mol. The second-order valence-electron chi connectivity index (χ2n) is 12.4. The molecule has 0 atom stereocenters. The van der Waals surface area contributed by atoms with E-state index < -0.39 is 0 Å². The van der Waals surface area contributed by atoms with Crippen LogP contribution in [-0.4, -0.2) is 15.0 Å². The lowest BCUT2D eigenvalue weighted by Crippen LogP contribution is -2.01. The number of fused-ring (bicyclic) bond motifs is 6. The molecule has 0 saturated heterocycles. The lowest BCUT2D eigenvalue weighted by Gasteiger charge is -2.14. The third-order valence-corrected chi connectivity index (χ3v) is 9.53. The molecule has 49 heavy (non-hydrogen) atoms. The van der Waals surface area contributed by atoms with Crippen molar-refractivity contribution in [2.24, 2.45) is 0 Å². The Hall–Kier alpha value is -6.65. The first kappa shape index (κ1) is 27.5. The molecule has 0 aliphatic heterocycles. The minimum absolute atomic E-state index is 0.618. The van der Waals surface area contributed by atoms with Gasteiger partial charge in [0.15, 0.2) is 17.5 Å². The van der Waals surface area contributed by atoms with E-state index in [4.69, 9.17) is 19.4 Å². The predicted molar refractivity (Wildman–Crippen MR) is 201 cm³/mol. The van der Waals surface area contributed by atoms with Crippen LogP contribution < -0.4 is 0 Å². The average molecular weight is 626 g/mol. The second-order valence-corrected chi connectivity index (χ2v) is 12.4. The molecule has 0 aliphatic carbocycles. The van der Waals surface area contributed by atoms with E-state index in [1.807, 2.05) is 48.5 Å². The molecule has 2 aromatic heterocycles. The van der Waals surface area contributed by atoms with Gasteiger partial charge in [0.05, 0.1) is 0 Å². The van der Waals surface area contributed by atoms with Crippen molar-refractivity contribution in [3.8, 4) is 45.3 Å². The van der Waals surface area contributed by atoms with Crippen LogP contribution in [0.3, 0.4) is 0 Å². The summed E-state index contributed by atoms with van der Waals surface area (Å²) in [6, 6.07) is 56.9. The number of nitrogens with zero attached hydrogens (tertiary/aromatic N) is 3. The highest BCUT2D eigenvalue weighted by molar-refractivity contribution is 6.12. The zero-order chi connectivity index (χ0) is 32.3. The summed E-state index contributed by atoms with van der Waals surface area (Å²) in [6.07, 6.45) is 0. The molecule has 0 amide bonds. The molecule has 0 N–H and O–H groups in total. The fraction of sp³-hybridized carbons (Fsp3) is 0. The number of rotatable bonds is 4. The van der Waals surface area contributed by atoms with Crippen LogP contribution in [0.1, 0.15) is 0 Å². The highest BCUT2D eigenvalue weighted by Gasteiger charge is 2.18. The summed E-state index contributed by atoms with van der Waals surface area (Å²) < 4.78 is 6.31. The lowest BCUT2D eigenvalue weighted by atomic mass is 9.92. The molecule has 4 heteroatoms. The third kappa shape index (κ3) is 4.49. The van der Waals surface area contributed by atoms with Crippen LogP contribution >= 0.6 is 0 Å². The van der Waals surface area contributed by atoms with Crippen molar-refractivity contribution in [3.05, 3.63) is 164 Å². The quantitative estimate of drug-likeness (QED) is 0.195. The fourth-order valence-corrected chi connectivity index (χ4v) is 7.23. The summed E-state index contributed by atoms with van der Waals surface area (Å²) in [5, 5.41) is 9.02. The van der Waals surface area contributed by atoms with E-state index in [-0.39, 0.29) is 0 Å². The van der Waals surface area contributed by atoms with E-state index in [0.717, 1.165) is 60.2 Å². The molecule has 0 aliphatic rings. The molecule has 228 valence electrons. The predicted octanol–water partition coefficient (Wildman–Crippen LogP) is 11.9. The second kappa shape index (κ2) is 11.0. The van der Waals surface area contributed by atoms with Crippen molar-refractivity contribution in [1.29, 1.82) is 0 Å². The smallest absolute Gasteiger partial charge is 0.164 e. The summed E-state index contributed by atoms with van der Waals surface area (Å²) in [6.45, 7) is 0. The fourth-order valence-electron chi connectivity index (χ4n) is 7.23. The van der Waals surface area contributed by atoms with Crippen molar-refractivity contribution < 1.29 is 4.42 Å². The molecule has 0 radical (unpaired) electrons. The number of hydrogen-bond acceptors (Lipinski definition) is 4. The van der Waals surface area contributed by atoms with Crippen molar-refractivity contribution in [2.45, 2.75) is 0 Å². The Labute approximate surface area is 282 Å². The van der Waals surface area contributed by atoms with Crippen LogP contribution in [0, 0.1) is 0 Å². The Morgan fingerprint density at radius 1 is 0.306 bits per heavy atom. The van der Waals surface area contributed by atoms with Crippen LogP contribution in [0.2, 0.25) is 0 Å². The van der Waals surface area contributed by atoms with Crippen LogP contribution in [0.15, 0.2) is 168 Å². The molecule has 2 heterocycles. The van der Waals surface area contributed by atoms with Gasteiger partial charge in [-0.1, -0.05) is 146 Å². The molecule has 4 nitrogen and oxygen atoms in total. The summed E-state index contributed by atoms with van der Waals surface area (Å²) in [5.41, 5.74) is 6.92. The van der Waals surface area contributed by atoms with Gasteiger partial charge in [-0.25, -0.2) is 15.0 Å². The molecule has 0 saturated carbocycles. The maximum atomic E-state index is 6.31. The van der Waals surface area contributed by atoms with E-state index in [1.54, 1.807) is 0 Å². The Bertz CT molecular complexity index is 2890. The van der Waals surface area contributed by atoms with E-state index in [2.05, 4.69) is 115 Å². The lowest BCUT2D eigenvalue weighted by molar-refractivity contribution is 0.669. The first-order valence-corrected chi connectivity index (χ1v) is 16.4. The Morgan fingerprint density at radius 3 is 1.63 bits per heavy atom. The normalized spacial score (nSPS) is 11.7. The van der Waals surface area contributed by atoms with Gasteiger partial charge < -0.3 is 4.42 Å². The average Bonchev–Trinajstić information content (AvgIpc) is 3.53. The van der Waals surface area contributed by atoms with Crippen LogP contribution in [0.4, 0.5) is 0 Å². The first-order chi connectivity index (χ1) is 24.3. The zero-order valence-corrected chi connectivity index (χ0v) is 26.3. The molecule has 10 aromatic rings. The molecule has 10 rings (SSSR count). The summed E-state index contributed by atoms with van der Waals surface area (Å²) in [7, 11) is 0. The highest BCUT2D eigenvalue weighted by atomic mass is 16.3. The minimum Gasteiger partial charge on any atom is -0.456 e. The zero-order valence-electron chi connectivity index (χ0n) is 26.3. The van der Waals surface area contributed by atoms with E-state index in [1.165, 1.54) is 21.9 Å². The van der Waals surface area contributed by atoms with Gasteiger partial charge in [-0.05, 0) is 61.6 Å². The standard InChI is InChI=1S/C45H27N3O/c1-2-13-29(14-3-1)43-46-44(37-24-11-21-34-33(20-10-22-35(34)37)32-19-8-15-28-12-4-5-17-31(28)32)48-45(47-43)38-23-9-16-30-26-40-36-18-6-7-25-41(36)49-42(40)27-39(30)38/h1-27H. The summed E-state index contributed by atoms with van der Waals surface area (Å²) in [4.78, 5) is 15.4. The number of furan rings is 1. The van der Waals surface area contributed by atoms with Crippen LogP contribution in [0.5, 0.6) is 0 Å². The topological polar surface area (TPSA) is 51.8 Å². The molecular formula is C45H27N3O. The van der Waals surface area contributed by atoms with Crippen molar-refractivity contribution in [3.63, 3.8) is 0 Å². The van der Waals surface area contributed by atoms with Gasteiger partial charge >= 0.3 is 0 Å². The molecule has 0 unspecified atom stereocenters. The Morgan fingerprint density at radius 2 is 0.837 bits per heavy atom. The van der Waals surface area contributed by atoms with E-state index >= 15 is 0 Å². The molecule has 0 fully saturated rings. The number of aromatic nitrogens is 3. The van der Waals surface area contributed by atoms with Gasteiger partial charge in [0.25, 0.3) is 0 Å². The van der Waals surface area contributed by atoms with Crippen LogP contribution in [-0.2, 0) is 0 Å². The molecule has 0 spiro atoms. The van der Waals surface area contributed by atoms with E-state index in [0.29, 0.717) is 17.5 Å². The first-order valence-electron chi connectivity index (χ1n) is 16.4. The highest BCUT2D eigenvalue weighted by Crippen LogP contribution is 2.39. The van der Waals surface area contributed by atoms with Crippen molar-refractivity contribution >= 4 is 54.3 Å². The summed E-state index contributed by atoms with van der Waals surface area (Å²) >= 11 is 0. The van der Waals surface area contributed by atoms with Crippen LogP contribution in [0.25, 0.3) is 99.5 Å². The Kier molecular flexibility index (Phi) is 6.15. The number of hydrogen-bond donors (Lipinski definition) is 0. The molecule has 0 bridgehead atoms. The van der Waals surface area contributed by atoms with Gasteiger partial charge in [-0.15, -0.1) is 0 Å².